The van der Waals surface area contributed by atoms with Crippen molar-refractivity contribution in [1.82, 2.24) is 10.6 Å². The number of amides is 2. The lowest BCUT2D eigenvalue weighted by atomic mass is 9.97. The Bertz CT molecular complexity index is 932. The highest BCUT2D eigenvalue weighted by Gasteiger charge is 2.28. The van der Waals surface area contributed by atoms with Gasteiger partial charge < -0.3 is 19.8 Å². The van der Waals surface area contributed by atoms with E-state index >= 15 is 0 Å². The van der Waals surface area contributed by atoms with Crippen molar-refractivity contribution in [3.63, 3.8) is 0 Å². The lowest BCUT2D eigenvalue weighted by Crippen LogP contribution is -2.36. The summed E-state index contributed by atoms with van der Waals surface area (Å²) in [6.07, 6.45) is 3.96. The molecule has 0 radical (unpaired) electrons. The van der Waals surface area contributed by atoms with E-state index in [4.69, 9.17) is 9.15 Å². The molecule has 7 nitrogen and oxygen atoms in total. The monoisotopic (exact) mass is 410 g/mol. The summed E-state index contributed by atoms with van der Waals surface area (Å²) in [7, 11) is 0. The molecule has 0 spiro atoms. The van der Waals surface area contributed by atoms with Crippen LogP contribution in [-0.2, 0) is 14.3 Å². The normalized spacial score (nSPS) is 17.0. The Kier molecular flexibility index (Phi) is 7.06. The topological polar surface area (TPSA) is 97.6 Å². The molecule has 0 saturated carbocycles. The molecule has 3 rings (SSSR count). The minimum absolute atomic E-state index is 0.0374. The van der Waals surface area contributed by atoms with Gasteiger partial charge in [0.05, 0.1) is 12.2 Å². The number of hydrogen-bond acceptors (Lipinski definition) is 5. The van der Waals surface area contributed by atoms with E-state index in [0.29, 0.717) is 36.5 Å². The fourth-order valence-corrected chi connectivity index (χ4v) is 3.45. The number of benzene rings is 1. The zero-order valence-corrected chi connectivity index (χ0v) is 17.1. The number of hydrogen-bond donors (Lipinski definition) is 2. The average Bonchev–Trinajstić information content (AvgIpc) is 3.32. The second-order valence-corrected chi connectivity index (χ2v) is 7.15. The Morgan fingerprint density at radius 1 is 1.33 bits per heavy atom. The summed E-state index contributed by atoms with van der Waals surface area (Å²) < 4.78 is 10.7. The van der Waals surface area contributed by atoms with Crippen LogP contribution in [0.1, 0.15) is 35.9 Å². The van der Waals surface area contributed by atoms with Crippen LogP contribution < -0.4 is 10.6 Å². The molecule has 2 heterocycles. The van der Waals surface area contributed by atoms with Crippen LogP contribution in [0.2, 0.25) is 0 Å². The molecule has 2 N–H and O–H groups in total. The van der Waals surface area contributed by atoms with E-state index in [1.165, 1.54) is 6.08 Å². The van der Waals surface area contributed by atoms with Gasteiger partial charge in [-0.25, -0.2) is 4.79 Å². The van der Waals surface area contributed by atoms with E-state index in [9.17, 15) is 14.4 Å². The lowest BCUT2D eigenvalue weighted by Gasteiger charge is -2.17. The van der Waals surface area contributed by atoms with Crippen LogP contribution in [0.4, 0.5) is 0 Å². The Balaban J connectivity index is 1.75. The standard InChI is InChI=1S/C23H26N2O5/c1-3-29-21(26)10-9-18(13-17-11-12-24-22(17)27)25-23(28)19-14-20(30-15(19)2)16-7-5-4-6-8-16/h4-10,14,17-18H,3,11-13H2,1-2H3,(H,24,27)(H,25,28)/t17-,18+/m0/s1. The summed E-state index contributed by atoms with van der Waals surface area (Å²) in [5.41, 5.74) is 1.29. The van der Waals surface area contributed by atoms with E-state index in [-0.39, 0.29) is 24.3 Å². The minimum Gasteiger partial charge on any atom is -0.463 e. The van der Waals surface area contributed by atoms with Crippen molar-refractivity contribution in [3.8, 4) is 11.3 Å². The molecule has 158 valence electrons. The fraction of sp³-hybridized carbons (Fsp3) is 0.348. The van der Waals surface area contributed by atoms with Crippen LogP contribution in [0.3, 0.4) is 0 Å². The van der Waals surface area contributed by atoms with Crippen molar-refractivity contribution in [2.24, 2.45) is 5.92 Å². The molecule has 30 heavy (non-hydrogen) atoms. The Morgan fingerprint density at radius 2 is 2.10 bits per heavy atom. The molecule has 0 bridgehead atoms. The number of ether oxygens (including phenoxy) is 1. The third kappa shape index (κ3) is 5.37. The molecule has 1 aliphatic rings. The highest BCUT2D eigenvalue weighted by atomic mass is 16.5. The maximum atomic E-state index is 12.9. The third-order valence-corrected chi connectivity index (χ3v) is 4.99. The molecule has 1 fully saturated rings. The molecule has 1 saturated heterocycles. The summed E-state index contributed by atoms with van der Waals surface area (Å²) in [5.74, 6) is 0.0380. The van der Waals surface area contributed by atoms with Crippen LogP contribution in [0.15, 0.2) is 53.0 Å². The molecule has 0 unspecified atom stereocenters. The summed E-state index contributed by atoms with van der Waals surface area (Å²) in [4.78, 5) is 36.6. The number of carbonyl (C=O) groups excluding carboxylic acids is 3. The molecule has 1 aliphatic heterocycles. The Morgan fingerprint density at radius 3 is 2.77 bits per heavy atom. The summed E-state index contributed by atoms with van der Waals surface area (Å²) >= 11 is 0. The molecule has 2 aromatic rings. The fourth-order valence-electron chi connectivity index (χ4n) is 3.45. The van der Waals surface area contributed by atoms with Gasteiger partial charge >= 0.3 is 5.97 Å². The summed E-state index contributed by atoms with van der Waals surface area (Å²) in [6, 6.07) is 10.7. The molecule has 1 aromatic carbocycles. The lowest BCUT2D eigenvalue weighted by molar-refractivity contribution is -0.137. The van der Waals surface area contributed by atoms with Gasteiger partial charge in [0, 0.05) is 30.1 Å². The van der Waals surface area contributed by atoms with E-state index in [1.807, 2.05) is 30.3 Å². The molecular formula is C23H26N2O5. The molecule has 0 aliphatic carbocycles. The third-order valence-electron chi connectivity index (χ3n) is 4.99. The first-order valence-electron chi connectivity index (χ1n) is 10.1. The van der Waals surface area contributed by atoms with Crippen LogP contribution in [0.25, 0.3) is 11.3 Å². The van der Waals surface area contributed by atoms with Gasteiger partial charge in [-0.15, -0.1) is 0 Å². The van der Waals surface area contributed by atoms with E-state index < -0.39 is 12.0 Å². The van der Waals surface area contributed by atoms with Gasteiger partial charge in [-0.2, -0.15) is 0 Å². The van der Waals surface area contributed by atoms with Gasteiger partial charge in [0.25, 0.3) is 5.91 Å². The number of esters is 1. The smallest absolute Gasteiger partial charge is 0.330 e. The predicted octanol–water partition coefficient (Wildman–Crippen LogP) is 3.00. The number of rotatable bonds is 8. The van der Waals surface area contributed by atoms with Crippen molar-refractivity contribution >= 4 is 17.8 Å². The zero-order valence-electron chi connectivity index (χ0n) is 17.1. The van der Waals surface area contributed by atoms with E-state index in [1.54, 1.807) is 26.0 Å². The number of furan rings is 1. The second kappa shape index (κ2) is 9.91. The van der Waals surface area contributed by atoms with Gasteiger partial charge in [-0.1, -0.05) is 36.4 Å². The molecule has 2 amide bonds. The Hall–Kier alpha value is -3.35. The van der Waals surface area contributed by atoms with Crippen molar-refractivity contribution in [1.29, 1.82) is 0 Å². The largest absolute Gasteiger partial charge is 0.463 e. The van der Waals surface area contributed by atoms with Crippen molar-refractivity contribution < 1.29 is 23.5 Å². The first-order valence-corrected chi connectivity index (χ1v) is 10.1. The van der Waals surface area contributed by atoms with Crippen LogP contribution in [0.5, 0.6) is 0 Å². The van der Waals surface area contributed by atoms with Crippen LogP contribution in [-0.4, -0.2) is 37.0 Å². The molecular weight excluding hydrogens is 384 g/mol. The van der Waals surface area contributed by atoms with Gasteiger partial charge in [0.2, 0.25) is 5.91 Å². The van der Waals surface area contributed by atoms with Crippen molar-refractivity contribution in [3.05, 3.63) is 59.9 Å². The van der Waals surface area contributed by atoms with Gasteiger partial charge in [-0.05, 0) is 32.8 Å². The maximum Gasteiger partial charge on any atom is 0.330 e. The highest BCUT2D eigenvalue weighted by molar-refractivity contribution is 5.96. The minimum atomic E-state index is -0.495. The van der Waals surface area contributed by atoms with Gasteiger partial charge in [0.1, 0.15) is 11.5 Å². The quantitative estimate of drug-likeness (QED) is 0.515. The Labute approximate surface area is 175 Å². The SMILES string of the molecule is CCOC(=O)C=C[C@H](C[C@@H]1CCNC1=O)NC(=O)c1cc(-c2ccccc2)oc1C. The van der Waals surface area contributed by atoms with Crippen LogP contribution in [0, 0.1) is 12.8 Å². The highest BCUT2D eigenvalue weighted by Crippen LogP contribution is 2.25. The molecule has 1 aromatic heterocycles. The van der Waals surface area contributed by atoms with Crippen molar-refractivity contribution in [2.75, 3.05) is 13.2 Å². The first-order chi connectivity index (χ1) is 14.5. The summed E-state index contributed by atoms with van der Waals surface area (Å²) in [5, 5.41) is 5.70. The number of nitrogens with one attached hydrogen (secondary N) is 2. The molecule has 2 atom stereocenters. The van der Waals surface area contributed by atoms with Crippen molar-refractivity contribution in [2.45, 2.75) is 32.7 Å². The average molecular weight is 410 g/mol. The number of aryl methyl sites for hydroxylation is 1. The maximum absolute atomic E-state index is 12.9. The zero-order chi connectivity index (χ0) is 21.5. The first kappa shape index (κ1) is 21.4. The number of carbonyl (C=O) groups is 3. The van der Waals surface area contributed by atoms with Crippen LogP contribution >= 0.6 is 0 Å². The predicted molar refractivity (Wildman–Crippen MR) is 112 cm³/mol. The summed E-state index contributed by atoms with van der Waals surface area (Å²) in [6.45, 7) is 4.34. The molecule has 7 heteroatoms. The van der Waals surface area contributed by atoms with E-state index in [0.717, 1.165) is 5.56 Å². The van der Waals surface area contributed by atoms with E-state index in [2.05, 4.69) is 10.6 Å². The second-order valence-electron chi connectivity index (χ2n) is 7.15. The van der Waals surface area contributed by atoms with Gasteiger partial charge in [-0.3, -0.25) is 9.59 Å². The van der Waals surface area contributed by atoms with Gasteiger partial charge in [0.15, 0.2) is 0 Å².